The summed E-state index contributed by atoms with van der Waals surface area (Å²) in [6.45, 7) is -0.315. The van der Waals surface area contributed by atoms with Crippen molar-refractivity contribution in [3.8, 4) is 17.6 Å². The van der Waals surface area contributed by atoms with Crippen LogP contribution in [-0.4, -0.2) is 38.7 Å². The summed E-state index contributed by atoms with van der Waals surface area (Å²) < 4.78 is 15.4. The second-order valence-corrected chi connectivity index (χ2v) is 5.60. The van der Waals surface area contributed by atoms with Crippen molar-refractivity contribution in [2.24, 2.45) is 0 Å². The van der Waals surface area contributed by atoms with Gasteiger partial charge in [0.25, 0.3) is 5.91 Å². The largest absolute Gasteiger partial charge is 0.493 e. The topological polar surface area (TPSA) is 97.6 Å². The molecule has 2 rings (SSSR count). The minimum absolute atomic E-state index is 0.305. The Balaban J connectivity index is 1.99. The Hall–Kier alpha value is -3.53. The molecule has 0 unspecified atom stereocenters. The van der Waals surface area contributed by atoms with E-state index in [1.165, 1.54) is 20.3 Å². The van der Waals surface area contributed by atoms with E-state index in [1.807, 2.05) is 36.4 Å². The number of nitrogens with zero attached hydrogens (tertiary/aromatic N) is 1. The van der Waals surface area contributed by atoms with Crippen LogP contribution in [-0.2, 0) is 20.7 Å². The number of hydrogen-bond acceptors (Lipinski definition) is 6. The van der Waals surface area contributed by atoms with Crippen molar-refractivity contribution in [3.05, 3.63) is 59.7 Å². The Morgan fingerprint density at radius 3 is 2.48 bits per heavy atom. The van der Waals surface area contributed by atoms with E-state index < -0.39 is 17.9 Å². The lowest BCUT2D eigenvalue weighted by atomic mass is 10.1. The summed E-state index contributed by atoms with van der Waals surface area (Å²) in [7, 11) is 2.71. The molecular weight excluding hydrogens is 348 g/mol. The quantitative estimate of drug-likeness (QED) is 0.714. The van der Waals surface area contributed by atoms with Crippen molar-refractivity contribution in [2.75, 3.05) is 20.8 Å². The zero-order valence-electron chi connectivity index (χ0n) is 15.1. The number of methoxy groups -OCH3 is 2. The van der Waals surface area contributed by atoms with Gasteiger partial charge in [-0.15, -0.1) is 0 Å². The molecule has 0 aliphatic carbocycles. The lowest BCUT2D eigenvalue weighted by Crippen LogP contribution is -2.44. The number of carbonyl (C=O) groups excluding carboxylic acids is 2. The van der Waals surface area contributed by atoms with Crippen LogP contribution in [0.1, 0.15) is 11.1 Å². The number of esters is 1. The molecule has 0 radical (unpaired) electrons. The van der Waals surface area contributed by atoms with Crippen LogP contribution in [0.3, 0.4) is 0 Å². The Labute approximate surface area is 157 Å². The number of nitriles is 1. The van der Waals surface area contributed by atoms with Crippen LogP contribution in [0.25, 0.3) is 0 Å². The highest BCUT2D eigenvalue weighted by Crippen LogP contribution is 2.27. The first-order valence-electron chi connectivity index (χ1n) is 8.19. The average molecular weight is 368 g/mol. The molecule has 0 spiro atoms. The minimum atomic E-state index is -0.823. The van der Waals surface area contributed by atoms with Crippen LogP contribution in [0.15, 0.2) is 48.5 Å². The Kier molecular flexibility index (Phi) is 7.20. The lowest BCUT2D eigenvalue weighted by Gasteiger charge is -2.17. The van der Waals surface area contributed by atoms with E-state index in [-0.39, 0.29) is 6.61 Å². The number of nitrogens with one attached hydrogen (secondary N) is 1. The van der Waals surface area contributed by atoms with E-state index in [9.17, 15) is 9.59 Å². The molecule has 1 atom stereocenters. The number of hydrogen-bond donors (Lipinski definition) is 1. The summed E-state index contributed by atoms with van der Waals surface area (Å²) >= 11 is 0. The van der Waals surface area contributed by atoms with Crippen LogP contribution in [0.5, 0.6) is 11.5 Å². The van der Waals surface area contributed by atoms with E-state index in [0.717, 1.165) is 5.56 Å². The van der Waals surface area contributed by atoms with Crippen molar-refractivity contribution in [1.82, 2.24) is 5.32 Å². The summed E-state index contributed by atoms with van der Waals surface area (Å²) in [4.78, 5) is 24.2. The van der Waals surface area contributed by atoms with Gasteiger partial charge in [0.2, 0.25) is 0 Å². The number of amides is 1. The molecule has 0 fully saturated rings. The zero-order valence-corrected chi connectivity index (χ0v) is 15.1. The molecule has 1 amide bonds. The summed E-state index contributed by atoms with van der Waals surface area (Å²) in [5.74, 6) is -0.351. The summed E-state index contributed by atoms with van der Waals surface area (Å²) in [6.07, 6.45) is 0.305. The summed E-state index contributed by atoms with van der Waals surface area (Å²) in [6, 6.07) is 15.1. The zero-order chi connectivity index (χ0) is 19.6. The monoisotopic (exact) mass is 368 g/mol. The van der Waals surface area contributed by atoms with Crippen molar-refractivity contribution in [1.29, 1.82) is 5.26 Å². The van der Waals surface area contributed by atoms with E-state index in [2.05, 4.69) is 5.32 Å². The summed E-state index contributed by atoms with van der Waals surface area (Å²) in [5.41, 5.74) is 1.31. The SMILES string of the molecule is COC(=O)[C@H](Cc1ccccc1)NC(=O)COc1ccc(C#N)cc1OC. The van der Waals surface area contributed by atoms with Crippen molar-refractivity contribution < 1.29 is 23.8 Å². The standard InChI is InChI=1S/C20H20N2O5/c1-25-18-11-15(12-21)8-9-17(18)27-13-19(23)22-16(20(24)26-2)10-14-6-4-3-5-7-14/h3-9,11,16H,10,13H2,1-2H3,(H,22,23)/t16-/m0/s1. The number of ether oxygens (including phenoxy) is 3. The fourth-order valence-corrected chi connectivity index (χ4v) is 2.42. The molecule has 2 aromatic rings. The normalized spacial score (nSPS) is 11.0. The average Bonchev–Trinajstić information content (AvgIpc) is 2.71. The van der Waals surface area contributed by atoms with Crippen LogP contribution in [0.2, 0.25) is 0 Å². The van der Waals surface area contributed by atoms with E-state index in [4.69, 9.17) is 19.5 Å². The van der Waals surface area contributed by atoms with E-state index >= 15 is 0 Å². The van der Waals surface area contributed by atoms with E-state index in [1.54, 1.807) is 12.1 Å². The van der Waals surface area contributed by atoms with Crippen LogP contribution >= 0.6 is 0 Å². The first kappa shape index (κ1) is 19.8. The highest BCUT2D eigenvalue weighted by Gasteiger charge is 2.22. The highest BCUT2D eigenvalue weighted by atomic mass is 16.5. The Morgan fingerprint density at radius 2 is 1.85 bits per heavy atom. The molecule has 27 heavy (non-hydrogen) atoms. The lowest BCUT2D eigenvalue weighted by molar-refractivity contribution is -0.145. The first-order valence-corrected chi connectivity index (χ1v) is 8.19. The van der Waals surface area contributed by atoms with Gasteiger partial charge < -0.3 is 19.5 Å². The van der Waals surface area contributed by atoms with Gasteiger partial charge in [0.05, 0.1) is 25.9 Å². The summed E-state index contributed by atoms with van der Waals surface area (Å²) in [5, 5.41) is 11.5. The third kappa shape index (κ3) is 5.75. The van der Waals surface area contributed by atoms with Gasteiger partial charge in [0, 0.05) is 12.5 Å². The molecule has 0 saturated heterocycles. The maximum atomic E-state index is 12.2. The predicted octanol–water partition coefficient (Wildman–Crippen LogP) is 1.85. The molecule has 0 heterocycles. The molecular formula is C20H20N2O5. The molecule has 0 aromatic heterocycles. The van der Waals surface area contributed by atoms with Gasteiger partial charge in [-0.3, -0.25) is 4.79 Å². The minimum Gasteiger partial charge on any atom is -0.493 e. The molecule has 0 aliphatic heterocycles. The van der Waals surface area contributed by atoms with Crippen LogP contribution in [0, 0.1) is 11.3 Å². The highest BCUT2D eigenvalue weighted by molar-refractivity contribution is 5.85. The van der Waals surface area contributed by atoms with Crippen molar-refractivity contribution in [3.63, 3.8) is 0 Å². The third-order valence-corrected chi connectivity index (χ3v) is 3.76. The van der Waals surface area contributed by atoms with Gasteiger partial charge in [0.1, 0.15) is 6.04 Å². The fourth-order valence-electron chi connectivity index (χ4n) is 2.42. The smallest absolute Gasteiger partial charge is 0.328 e. The first-order chi connectivity index (χ1) is 13.1. The maximum Gasteiger partial charge on any atom is 0.328 e. The van der Waals surface area contributed by atoms with Gasteiger partial charge in [-0.1, -0.05) is 30.3 Å². The van der Waals surface area contributed by atoms with Gasteiger partial charge in [0.15, 0.2) is 18.1 Å². The number of carbonyl (C=O) groups is 2. The Bertz CT molecular complexity index is 830. The molecule has 0 aliphatic rings. The van der Waals surface area contributed by atoms with Gasteiger partial charge >= 0.3 is 5.97 Å². The number of benzene rings is 2. The molecule has 1 N–H and O–H groups in total. The molecule has 2 aromatic carbocycles. The molecule has 0 saturated carbocycles. The maximum absolute atomic E-state index is 12.2. The van der Waals surface area contributed by atoms with Gasteiger partial charge in [-0.25, -0.2) is 4.79 Å². The second kappa shape index (κ2) is 9.82. The van der Waals surface area contributed by atoms with Gasteiger partial charge in [-0.2, -0.15) is 5.26 Å². The van der Waals surface area contributed by atoms with Gasteiger partial charge in [-0.05, 0) is 17.7 Å². The number of rotatable bonds is 8. The molecule has 7 heteroatoms. The fraction of sp³-hybridized carbons (Fsp3) is 0.250. The van der Waals surface area contributed by atoms with E-state index in [0.29, 0.717) is 23.5 Å². The molecule has 0 bridgehead atoms. The second-order valence-electron chi connectivity index (χ2n) is 5.60. The van der Waals surface area contributed by atoms with Crippen LogP contribution in [0.4, 0.5) is 0 Å². The third-order valence-electron chi connectivity index (χ3n) is 3.76. The Morgan fingerprint density at radius 1 is 1.11 bits per heavy atom. The van der Waals surface area contributed by atoms with Crippen LogP contribution < -0.4 is 14.8 Å². The molecule has 140 valence electrons. The van der Waals surface area contributed by atoms with Crippen molar-refractivity contribution in [2.45, 2.75) is 12.5 Å². The van der Waals surface area contributed by atoms with Crippen molar-refractivity contribution >= 4 is 11.9 Å². The molecule has 7 nitrogen and oxygen atoms in total. The predicted molar refractivity (Wildman–Crippen MR) is 97.3 cm³/mol.